The van der Waals surface area contributed by atoms with Gasteiger partial charge < -0.3 is 20.1 Å². The molecule has 2 fully saturated rings. The van der Waals surface area contributed by atoms with E-state index >= 15 is 0 Å². The molecule has 0 saturated carbocycles. The Morgan fingerprint density at radius 2 is 2.03 bits per heavy atom. The third kappa shape index (κ3) is 3.57. The van der Waals surface area contributed by atoms with E-state index in [0.717, 1.165) is 19.6 Å². The van der Waals surface area contributed by atoms with Crippen LogP contribution in [0.3, 0.4) is 0 Å². The zero-order valence-corrected chi connectivity index (χ0v) is 18.3. The van der Waals surface area contributed by atoms with Gasteiger partial charge in [0.1, 0.15) is 49.8 Å². The van der Waals surface area contributed by atoms with Crippen LogP contribution < -0.4 is 5.73 Å². The smallest absolute Gasteiger partial charge is 0.381 e. The van der Waals surface area contributed by atoms with E-state index in [2.05, 4.69) is 15.0 Å². The minimum Gasteiger partial charge on any atom is -0.386 e. The average Bonchev–Trinajstić information content (AvgIpc) is 3.28. The summed E-state index contributed by atoms with van der Waals surface area (Å²) in [5, 5.41) is 11.0. The molecule has 13 heteroatoms. The fourth-order valence-corrected chi connectivity index (χ4v) is 6.42. The molecule has 2 aromatic rings. The molecule has 2 saturated heterocycles. The van der Waals surface area contributed by atoms with Gasteiger partial charge in [-0.3, -0.25) is 9.09 Å². The quantitative estimate of drug-likeness (QED) is 0.379. The largest absolute Gasteiger partial charge is 0.386 e. The first-order valence-electron chi connectivity index (χ1n) is 9.62. The average molecular weight is 445 g/mol. The van der Waals surface area contributed by atoms with Crippen molar-refractivity contribution in [2.75, 3.05) is 32.0 Å². The summed E-state index contributed by atoms with van der Waals surface area (Å²) in [5.41, 5.74) is 6.76. The van der Waals surface area contributed by atoms with Crippen LogP contribution in [0, 0.1) is 0 Å². The minimum atomic E-state index is -3.06. The SMILES string of the molecule is CC[N+](CC)(CC)O[P@]1(=S)OCC2O[C@@H](n3cnc4c(N)ncnc43)[C@@H](O)C2O1. The minimum absolute atomic E-state index is 0.177. The number of aromatic nitrogens is 4. The summed E-state index contributed by atoms with van der Waals surface area (Å²) in [6, 6.07) is 0. The molecule has 0 radical (unpaired) electrons. The molecule has 11 nitrogen and oxygen atoms in total. The number of hydrogen-bond acceptors (Lipinski definition) is 10. The molecule has 0 amide bonds. The molecule has 2 aromatic heterocycles. The Kier molecular flexibility index (Phi) is 5.64. The Labute approximate surface area is 173 Å². The molecule has 0 aromatic carbocycles. The number of nitrogens with zero attached hydrogens (tertiary/aromatic N) is 5. The number of nitrogen functional groups attached to an aromatic ring is 1. The van der Waals surface area contributed by atoms with Crippen molar-refractivity contribution in [3.05, 3.63) is 12.7 Å². The highest BCUT2D eigenvalue weighted by Gasteiger charge is 2.54. The van der Waals surface area contributed by atoms with Crippen LogP contribution in [0.15, 0.2) is 12.7 Å². The fraction of sp³-hybridized carbons (Fsp3) is 0.688. The van der Waals surface area contributed by atoms with Gasteiger partial charge in [0.05, 0.1) is 12.9 Å². The zero-order chi connectivity index (χ0) is 20.8. The number of rotatable bonds is 6. The van der Waals surface area contributed by atoms with E-state index < -0.39 is 31.3 Å². The fourth-order valence-electron chi connectivity index (χ4n) is 3.71. The van der Waals surface area contributed by atoms with Crippen LogP contribution in [0.4, 0.5) is 5.82 Å². The summed E-state index contributed by atoms with van der Waals surface area (Å²) in [4.78, 5) is 12.4. The first kappa shape index (κ1) is 21.0. The van der Waals surface area contributed by atoms with Crippen LogP contribution in [0.1, 0.15) is 27.0 Å². The van der Waals surface area contributed by atoms with Gasteiger partial charge in [-0.05, 0) is 32.6 Å². The molecular weight excluding hydrogens is 419 g/mol. The number of hydrogen-bond donors (Lipinski definition) is 2. The van der Waals surface area contributed by atoms with Gasteiger partial charge in [-0.1, -0.05) is 0 Å². The number of fused-ring (bicyclic) bond motifs is 2. The first-order chi connectivity index (χ1) is 13.9. The summed E-state index contributed by atoms with van der Waals surface area (Å²) in [5.74, 6) is 0.259. The summed E-state index contributed by atoms with van der Waals surface area (Å²) in [6.07, 6.45) is -0.0780. The van der Waals surface area contributed by atoms with Crippen molar-refractivity contribution in [3.63, 3.8) is 0 Å². The molecule has 0 spiro atoms. The second-order valence-electron chi connectivity index (χ2n) is 7.04. The summed E-state index contributed by atoms with van der Waals surface area (Å²) in [7, 11) is 0. The number of hydroxylamine groups is 3. The molecule has 2 aliphatic heterocycles. The molecule has 160 valence electrons. The predicted octanol–water partition coefficient (Wildman–Crippen LogP) is 1.11. The zero-order valence-electron chi connectivity index (χ0n) is 16.5. The summed E-state index contributed by atoms with van der Waals surface area (Å²) in [6.45, 7) is 5.41. The number of imidazole rings is 1. The lowest BCUT2D eigenvalue weighted by molar-refractivity contribution is -1.08. The standard InChI is InChI=1S/C16H26N6O5PS/c1-4-22(5-2,6-3)27-28(29)24-7-10-13(26-28)12(23)16(25-10)21-9-20-11-14(17)18-8-19-15(11)21/h8-10,12-13,16,23H,4-7H2,1-3H3,(H2,17,18,19)/q+1/t10?,12-,13?,16+,28-/m0/s1. The Hall–Kier alpha value is -1.24. The molecule has 0 aliphatic carbocycles. The normalized spacial score (nSPS) is 32.6. The van der Waals surface area contributed by atoms with Gasteiger partial charge in [0.15, 0.2) is 17.7 Å². The maximum absolute atomic E-state index is 11.0. The molecule has 5 atom stereocenters. The lowest BCUT2D eigenvalue weighted by atomic mass is 10.1. The topological polar surface area (TPSA) is 127 Å². The molecule has 3 N–H and O–H groups in total. The molecular formula is C16H26N6O5PS+. The lowest BCUT2D eigenvalue weighted by Gasteiger charge is -2.39. The number of aliphatic hydroxyl groups is 1. The Bertz CT molecular complexity index is 931. The Morgan fingerprint density at radius 1 is 1.31 bits per heavy atom. The van der Waals surface area contributed by atoms with Crippen LogP contribution in [0.2, 0.25) is 0 Å². The van der Waals surface area contributed by atoms with Crippen LogP contribution in [0.5, 0.6) is 0 Å². The van der Waals surface area contributed by atoms with Crippen molar-refractivity contribution >= 4 is 35.5 Å². The van der Waals surface area contributed by atoms with Crippen molar-refractivity contribution in [2.45, 2.75) is 45.3 Å². The van der Waals surface area contributed by atoms with Gasteiger partial charge in [0.2, 0.25) is 0 Å². The number of nitrogens with two attached hydrogens (primary N) is 1. The summed E-state index contributed by atoms with van der Waals surface area (Å²) < 4.78 is 26.0. The van der Waals surface area contributed by atoms with Crippen molar-refractivity contribution in [3.8, 4) is 0 Å². The molecule has 2 unspecified atom stereocenters. The molecule has 29 heavy (non-hydrogen) atoms. The number of aliphatic hydroxyl groups excluding tert-OH is 1. The number of ether oxygens (including phenoxy) is 1. The van der Waals surface area contributed by atoms with Crippen LogP contribution in [-0.4, -0.2) is 73.8 Å². The van der Waals surface area contributed by atoms with E-state index in [1.165, 1.54) is 12.7 Å². The van der Waals surface area contributed by atoms with E-state index in [1.54, 1.807) is 4.57 Å². The van der Waals surface area contributed by atoms with Crippen molar-refractivity contribution in [1.29, 1.82) is 0 Å². The van der Waals surface area contributed by atoms with Gasteiger partial charge in [-0.15, -0.1) is 4.62 Å². The highest BCUT2D eigenvalue weighted by Crippen LogP contribution is 2.58. The van der Waals surface area contributed by atoms with E-state index in [0.29, 0.717) is 15.8 Å². The first-order valence-corrected chi connectivity index (χ1v) is 12.2. The van der Waals surface area contributed by atoms with E-state index in [1.807, 2.05) is 20.8 Å². The van der Waals surface area contributed by atoms with Gasteiger partial charge in [-0.25, -0.2) is 15.0 Å². The molecule has 4 rings (SSSR count). The summed E-state index contributed by atoms with van der Waals surface area (Å²) >= 11 is 5.62. The van der Waals surface area contributed by atoms with Crippen molar-refractivity contribution in [1.82, 2.24) is 19.5 Å². The highest BCUT2D eigenvalue weighted by molar-refractivity contribution is 8.07. The van der Waals surface area contributed by atoms with Crippen molar-refractivity contribution in [2.24, 2.45) is 0 Å². The van der Waals surface area contributed by atoms with Gasteiger partial charge in [0, 0.05) is 0 Å². The van der Waals surface area contributed by atoms with Gasteiger partial charge >= 0.3 is 6.72 Å². The van der Waals surface area contributed by atoms with Crippen LogP contribution in [-0.2, 0) is 30.2 Å². The lowest BCUT2D eigenvalue weighted by Crippen LogP contribution is -2.48. The second-order valence-corrected chi connectivity index (χ2v) is 9.91. The highest BCUT2D eigenvalue weighted by atomic mass is 32.5. The molecule has 0 bridgehead atoms. The third-order valence-corrected chi connectivity index (χ3v) is 7.91. The Morgan fingerprint density at radius 3 is 2.72 bits per heavy atom. The van der Waals surface area contributed by atoms with Gasteiger partial charge in [0.25, 0.3) is 0 Å². The van der Waals surface area contributed by atoms with E-state index in [4.69, 9.17) is 35.9 Å². The van der Waals surface area contributed by atoms with Crippen molar-refractivity contribution < 1.29 is 28.2 Å². The second kappa shape index (κ2) is 7.78. The van der Waals surface area contributed by atoms with E-state index in [-0.39, 0.29) is 12.4 Å². The monoisotopic (exact) mass is 445 g/mol. The maximum Gasteiger partial charge on any atom is 0.381 e. The predicted molar refractivity (Wildman–Crippen MR) is 108 cm³/mol. The number of quaternary nitrogens is 1. The maximum atomic E-state index is 11.0. The van der Waals surface area contributed by atoms with E-state index in [9.17, 15) is 5.11 Å². The molecule has 2 aliphatic rings. The number of anilines is 1. The Balaban J connectivity index is 1.57. The van der Waals surface area contributed by atoms with Crippen LogP contribution in [0.25, 0.3) is 11.2 Å². The molecule has 4 heterocycles. The van der Waals surface area contributed by atoms with Gasteiger partial charge in [-0.2, -0.15) is 4.65 Å². The van der Waals surface area contributed by atoms with Crippen LogP contribution >= 0.6 is 6.72 Å². The third-order valence-electron chi connectivity index (χ3n) is 5.62.